The van der Waals surface area contributed by atoms with Crippen molar-refractivity contribution in [3.63, 3.8) is 0 Å². The normalized spacial score (nSPS) is 28.4. The molecule has 1 saturated heterocycles. The van der Waals surface area contributed by atoms with Gasteiger partial charge in [-0.25, -0.2) is 0 Å². The maximum Gasteiger partial charge on any atom is 0.0547 e. The van der Waals surface area contributed by atoms with E-state index in [0.29, 0.717) is 5.92 Å². The van der Waals surface area contributed by atoms with Crippen molar-refractivity contribution in [3.8, 4) is 0 Å². The molecule has 2 nitrogen and oxygen atoms in total. The molecule has 0 bridgehead atoms. The fourth-order valence-corrected chi connectivity index (χ4v) is 0.876. The molecule has 1 atom stereocenters. The van der Waals surface area contributed by atoms with Crippen LogP contribution in [0.1, 0.15) is 13.3 Å². The highest BCUT2D eigenvalue weighted by atomic mass is 16.5. The molecular weight excluding hydrogens is 102 g/mol. The Labute approximate surface area is 49.4 Å². The van der Waals surface area contributed by atoms with Crippen LogP contribution in [0.25, 0.3) is 0 Å². The third-order valence-electron chi connectivity index (χ3n) is 1.54. The van der Waals surface area contributed by atoms with Crippen LogP contribution in [0.5, 0.6) is 0 Å². The second-order valence-electron chi connectivity index (χ2n) is 2.24. The van der Waals surface area contributed by atoms with Crippen LogP contribution >= 0.6 is 0 Å². The molecule has 0 spiro atoms. The van der Waals surface area contributed by atoms with E-state index in [1.54, 1.807) is 0 Å². The number of rotatable bonds is 1. The van der Waals surface area contributed by atoms with Gasteiger partial charge in [0.1, 0.15) is 0 Å². The summed E-state index contributed by atoms with van der Waals surface area (Å²) in [5.74, 6) is 0.426. The minimum absolute atomic E-state index is 0.426. The Balaban J connectivity index is 2.35. The smallest absolute Gasteiger partial charge is 0.0547 e. The molecule has 1 fully saturated rings. The van der Waals surface area contributed by atoms with E-state index in [1.807, 2.05) is 6.92 Å². The molecule has 0 radical (unpaired) electrons. The van der Waals surface area contributed by atoms with Crippen molar-refractivity contribution in [1.29, 1.82) is 5.41 Å². The summed E-state index contributed by atoms with van der Waals surface area (Å²) < 4.78 is 5.08. The average molecular weight is 113 g/mol. The lowest BCUT2D eigenvalue weighted by Gasteiger charge is -2.00. The van der Waals surface area contributed by atoms with Gasteiger partial charge in [0.2, 0.25) is 0 Å². The first-order chi connectivity index (χ1) is 3.80. The monoisotopic (exact) mass is 113 g/mol. The zero-order chi connectivity index (χ0) is 5.98. The fourth-order valence-electron chi connectivity index (χ4n) is 0.876. The van der Waals surface area contributed by atoms with E-state index in [0.717, 1.165) is 25.3 Å². The zero-order valence-corrected chi connectivity index (χ0v) is 5.11. The predicted molar refractivity (Wildman–Crippen MR) is 32.3 cm³/mol. The SMILES string of the molecule is CC(=N)C1CCOC1. The second-order valence-corrected chi connectivity index (χ2v) is 2.24. The van der Waals surface area contributed by atoms with Gasteiger partial charge in [-0.3, -0.25) is 0 Å². The molecule has 1 unspecified atom stereocenters. The van der Waals surface area contributed by atoms with Gasteiger partial charge in [-0.2, -0.15) is 0 Å². The Morgan fingerprint density at radius 2 is 2.50 bits per heavy atom. The van der Waals surface area contributed by atoms with Crippen LogP contribution in [0, 0.1) is 11.3 Å². The summed E-state index contributed by atoms with van der Waals surface area (Å²) in [7, 11) is 0. The van der Waals surface area contributed by atoms with Gasteiger partial charge in [-0.1, -0.05) is 0 Å². The van der Waals surface area contributed by atoms with E-state index in [9.17, 15) is 0 Å². The lowest BCUT2D eigenvalue weighted by Crippen LogP contribution is -2.08. The molecule has 1 aliphatic heterocycles. The van der Waals surface area contributed by atoms with Crippen LogP contribution in [0.4, 0.5) is 0 Å². The summed E-state index contributed by atoms with van der Waals surface area (Å²) in [6, 6.07) is 0. The van der Waals surface area contributed by atoms with Crippen molar-refractivity contribution in [1.82, 2.24) is 0 Å². The van der Waals surface area contributed by atoms with Gasteiger partial charge < -0.3 is 10.1 Å². The van der Waals surface area contributed by atoms with Crippen molar-refractivity contribution >= 4 is 5.71 Å². The molecule has 1 rings (SSSR count). The first kappa shape index (κ1) is 5.76. The Kier molecular flexibility index (Phi) is 1.63. The quantitative estimate of drug-likeness (QED) is 0.507. The van der Waals surface area contributed by atoms with Gasteiger partial charge in [-0.05, 0) is 13.3 Å². The number of ether oxygens (including phenoxy) is 1. The van der Waals surface area contributed by atoms with Gasteiger partial charge in [0.05, 0.1) is 6.61 Å². The highest BCUT2D eigenvalue weighted by Gasteiger charge is 2.16. The van der Waals surface area contributed by atoms with E-state index in [2.05, 4.69) is 0 Å². The van der Waals surface area contributed by atoms with Crippen LogP contribution in [0.2, 0.25) is 0 Å². The maximum absolute atomic E-state index is 7.21. The van der Waals surface area contributed by atoms with Crippen molar-refractivity contribution < 1.29 is 4.74 Å². The van der Waals surface area contributed by atoms with Gasteiger partial charge in [0.25, 0.3) is 0 Å². The van der Waals surface area contributed by atoms with Crippen molar-refractivity contribution in [2.45, 2.75) is 13.3 Å². The molecule has 0 aromatic carbocycles. The van der Waals surface area contributed by atoms with E-state index >= 15 is 0 Å². The molecule has 0 aromatic rings. The summed E-state index contributed by atoms with van der Waals surface area (Å²) in [5.41, 5.74) is 0.766. The molecule has 0 saturated carbocycles. The van der Waals surface area contributed by atoms with Gasteiger partial charge in [0, 0.05) is 18.2 Å². The summed E-state index contributed by atoms with van der Waals surface area (Å²) in [5, 5.41) is 7.21. The molecule has 1 heterocycles. The molecule has 0 amide bonds. The maximum atomic E-state index is 7.21. The Morgan fingerprint density at radius 1 is 1.75 bits per heavy atom. The molecule has 1 N–H and O–H groups in total. The summed E-state index contributed by atoms with van der Waals surface area (Å²) >= 11 is 0. The van der Waals surface area contributed by atoms with Gasteiger partial charge >= 0.3 is 0 Å². The summed E-state index contributed by atoms with van der Waals surface area (Å²) in [4.78, 5) is 0. The van der Waals surface area contributed by atoms with E-state index in [1.165, 1.54) is 0 Å². The number of hydrogen-bond donors (Lipinski definition) is 1. The zero-order valence-electron chi connectivity index (χ0n) is 5.11. The third kappa shape index (κ3) is 1.07. The van der Waals surface area contributed by atoms with Crippen LogP contribution < -0.4 is 0 Å². The number of hydrogen-bond acceptors (Lipinski definition) is 2. The second kappa shape index (κ2) is 2.27. The molecule has 1 aliphatic rings. The van der Waals surface area contributed by atoms with Crippen LogP contribution in [0.3, 0.4) is 0 Å². The standard InChI is InChI=1S/C6H11NO/c1-5(7)6-2-3-8-4-6/h6-7H,2-4H2,1H3. The van der Waals surface area contributed by atoms with E-state index in [-0.39, 0.29) is 0 Å². The Morgan fingerprint density at radius 3 is 2.75 bits per heavy atom. The number of nitrogens with one attached hydrogen (secondary N) is 1. The highest BCUT2D eigenvalue weighted by Crippen LogP contribution is 2.12. The van der Waals surface area contributed by atoms with Gasteiger partial charge in [-0.15, -0.1) is 0 Å². The fraction of sp³-hybridized carbons (Fsp3) is 0.833. The lowest BCUT2D eigenvalue weighted by atomic mass is 10.1. The lowest BCUT2D eigenvalue weighted by molar-refractivity contribution is 0.193. The van der Waals surface area contributed by atoms with Crippen LogP contribution in [-0.4, -0.2) is 18.9 Å². The average Bonchev–Trinajstić information content (AvgIpc) is 2.12. The summed E-state index contributed by atoms with van der Waals surface area (Å²) in [6.45, 7) is 3.47. The Hall–Kier alpha value is -0.370. The minimum Gasteiger partial charge on any atom is -0.381 e. The molecule has 0 aliphatic carbocycles. The predicted octanol–water partition coefficient (Wildman–Crippen LogP) is 1.06. The van der Waals surface area contributed by atoms with Gasteiger partial charge in [0.15, 0.2) is 0 Å². The van der Waals surface area contributed by atoms with Crippen molar-refractivity contribution in [3.05, 3.63) is 0 Å². The molecule has 0 aromatic heterocycles. The van der Waals surface area contributed by atoms with E-state index < -0.39 is 0 Å². The minimum atomic E-state index is 0.426. The van der Waals surface area contributed by atoms with Crippen molar-refractivity contribution in [2.75, 3.05) is 13.2 Å². The molecule has 2 heteroatoms. The largest absolute Gasteiger partial charge is 0.381 e. The topological polar surface area (TPSA) is 33.1 Å². The van der Waals surface area contributed by atoms with E-state index in [4.69, 9.17) is 10.1 Å². The summed E-state index contributed by atoms with van der Waals surface area (Å²) in [6.07, 6.45) is 1.05. The molecular formula is C6H11NO. The van der Waals surface area contributed by atoms with Crippen LogP contribution in [-0.2, 0) is 4.74 Å². The highest BCUT2D eigenvalue weighted by molar-refractivity contribution is 5.81. The molecule has 46 valence electrons. The first-order valence-corrected chi connectivity index (χ1v) is 2.93. The third-order valence-corrected chi connectivity index (χ3v) is 1.54. The first-order valence-electron chi connectivity index (χ1n) is 2.93. The van der Waals surface area contributed by atoms with Crippen molar-refractivity contribution in [2.24, 2.45) is 5.92 Å². The van der Waals surface area contributed by atoms with Crippen LogP contribution in [0.15, 0.2) is 0 Å². The Bertz CT molecular complexity index is 94.7. The molecule has 8 heavy (non-hydrogen) atoms.